The Morgan fingerprint density at radius 2 is 2.31 bits per heavy atom. The Morgan fingerprint density at radius 1 is 1.50 bits per heavy atom. The molecule has 0 saturated carbocycles. The van der Waals surface area contributed by atoms with Crippen LogP contribution in [0.4, 0.5) is 5.69 Å². The van der Waals surface area contributed by atoms with Gasteiger partial charge < -0.3 is 16.0 Å². The summed E-state index contributed by atoms with van der Waals surface area (Å²) in [5, 5.41) is 3.89. The van der Waals surface area contributed by atoms with E-state index in [1.807, 2.05) is 24.4 Å². The maximum atomic E-state index is 11.0. The van der Waals surface area contributed by atoms with E-state index < -0.39 is 0 Å². The molecule has 1 aromatic heterocycles. The zero-order chi connectivity index (χ0) is 11.5. The van der Waals surface area contributed by atoms with Crippen molar-refractivity contribution in [2.24, 2.45) is 5.73 Å². The molecule has 84 valence electrons. The third kappa shape index (κ3) is 2.06. The second-order valence-electron chi connectivity index (χ2n) is 3.79. The molecule has 16 heavy (non-hydrogen) atoms. The van der Waals surface area contributed by atoms with Crippen molar-refractivity contribution in [1.29, 1.82) is 0 Å². The summed E-state index contributed by atoms with van der Waals surface area (Å²) >= 11 is 0. The van der Waals surface area contributed by atoms with E-state index in [4.69, 9.17) is 5.73 Å². The number of hydrogen-bond donors (Lipinski definition) is 3. The van der Waals surface area contributed by atoms with Gasteiger partial charge in [-0.05, 0) is 36.7 Å². The van der Waals surface area contributed by atoms with Crippen molar-refractivity contribution < 1.29 is 4.79 Å². The molecule has 4 N–H and O–H groups in total. The number of fused-ring (bicyclic) bond motifs is 1. The second kappa shape index (κ2) is 4.37. The fraction of sp³-hybridized carbons (Fsp3) is 0.250. The van der Waals surface area contributed by atoms with Crippen molar-refractivity contribution in [3.05, 3.63) is 30.0 Å². The molecule has 1 aromatic carbocycles. The predicted octanol–water partition coefficient (Wildman–Crippen LogP) is 1.63. The maximum Gasteiger partial charge on any atom is 0.221 e. The van der Waals surface area contributed by atoms with Crippen LogP contribution in [-0.2, 0) is 11.2 Å². The van der Waals surface area contributed by atoms with Crippen molar-refractivity contribution in [3.63, 3.8) is 0 Å². The van der Waals surface area contributed by atoms with Crippen LogP contribution in [0.3, 0.4) is 0 Å². The summed E-state index contributed by atoms with van der Waals surface area (Å²) in [6, 6.07) is 5.81. The Balaban J connectivity index is 2.41. The van der Waals surface area contributed by atoms with E-state index in [2.05, 4.69) is 10.3 Å². The van der Waals surface area contributed by atoms with Gasteiger partial charge in [0.2, 0.25) is 5.91 Å². The van der Waals surface area contributed by atoms with Crippen molar-refractivity contribution >= 4 is 22.5 Å². The van der Waals surface area contributed by atoms with Gasteiger partial charge in [-0.15, -0.1) is 0 Å². The van der Waals surface area contributed by atoms with E-state index in [1.165, 1.54) is 12.5 Å². The van der Waals surface area contributed by atoms with Crippen molar-refractivity contribution in [3.8, 4) is 0 Å². The van der Waals surface area contributed by atoms with E-state index in [9.17, 15) is 4.79 Å². The van der Waals surface area contributed by atoms with Gasteiger partial charge in [-0.3, -0.25) is 4.79 Å². The first kappa shape index (κ1) is 10.7. The van der Waals surface area contributed by atoms with Gasteiger partial charge in [0.05, 0.1) is 0 Å². The molecule has 1 amide bonds. The zero-order valence-electron chi connectivity index (χ0n) is 9.21. The highest BCUT2D eigenvalue weighted by Crippen LogP contribution is 2.22. The highest BCUT2D eigenvalue weighted by molar-refractivity contribution is 5.93. The summed E-state index contributed by atoms with van der Waals surface area (Å²) in [5.41, 5.74) is 8.62. The van der Waals surface area contributed by atoms with E-state index in [1.54, 1.807) is 0 Å². The van der Waals surface area contributed by atoms with E-state index in [0.29, 0.717) is 6.54 Å². The molecule has 0 aliphatic carbocycles. The number of rotatable bonds is 3. The molecule has 2 rings (SSSR count). The van der Waals surface area contributed by atoms with Gasteiger partial charge in [-0.1, -0.05) is 0 Å². The molecular weight excluding hydrogens is 202 g/mol. The van der Waals surface area contributed by atoms with E-state index >= 15 is 0 Å². The molecule has 0 unspecified atom stereocenters. The number of nitrogens with one attached hydrogen (secondary N) is 2. The average molecular weight is 217 g/mol. The number of benzene rings is 1. The van der Waals surface area contributed by atoms with Gasteiger partial charge in [0.15, 0.2) is 0 Å². The fourth-order valence-corrected chi connectivity index (χ4v) is 1.82. The van der Waals surface area contributed by atoms with Crippen LogP contribution < -0.4 is 11.1 Å². The molecule has 4 nitrogen and oxygen atoms in total. The smallest absolute Gasteiger partial charge is 0.221 e. The standard InChI is InChI=1S/C12H15N3O/c1-8(16)15-10-2-3-12-11(6-10)9(4-5-13)7-14-12/h2-3,6-7,14H,4-5,13H2,1H3,(H,15,16). The number of aromatic amines is 1. The number of amides is 1. The molecule has 0 radical (unpaired) electrons. The average Bonchev–Trinajstić information content (AvgIpc) is 2.61. The minimum atomic E-state index is -0.0599. The number of hydrogen-bond acceptors (Lipinski definition) is 2. The van der Waals surface area contributed by atoms with Gasteiger partial charge in [0, 0.05) is 29.7 Å². The summed E-state index contributed by atoms with van der Waals surface area (Å²) in [5.74, 6) is -0.0599. The quantitative estimate of drug-likeness (QED) is 0.731. The van der Waals surface area contributed by atoms with Crippen LogP contribution in [0.5, 0.6) is 0 Å². The Morgan fingerprint density at radius 3 is 3.00 bits per heavy atom. The highest BCUT2D eigenvalue weighted by atomic mass is 16.1. The van der Waals surface area contributed by atoms with E-state index in [-0.39, 0.29) is 5.91 Å². The molecule has 0 bridgehead atoms. The monoisotopic (exact) mass is 217 g/mol. The lowest BCUT2D eigenvalue weighted by Gasteiger charge is -2.02. The number of nitrogens with two attached hydrogens (primary N) is 1. The summed E-state index contributed by atoms with van der Waals surface area (Å²) in [6.45, 7) is 2.12. The molecule has 0 aliphatic rings. The number of anilines is 1. The maximum absolute atomic E-state index is 11.0. The van der Waals surface area contributed by atoms with Crippen LogP contribution in [0.1, 0.15) is 12.5 Å². The molecule has 1 heterocycles. The second-order valence-corrected chi connectivity index (χ2v) is 3.79. The molecule has 0 atom stereocenters. The third-order valence-electron chi connectivity index (χ3n) is 2.50. The molecule has 0 saturated heterocycles. The SMILES string of the molecule is CC(=O)Nc1ccc2[nH]cc(CCN)c2c1. The molecule has 0 aliphatic heterocycles. The number of carbonyl (C=O) groups excluding carboxylic acids is 1. The van der Waals surface area contributed by atoms with Crippen LogP contribution in [0.15, 0.2) is 24.4 Å². The van der Waals surface area contributed by atoms with Gasteiger partial charge in [-0.25, -0.2) is 0 Å². The largest absolute Gasteiger partial charge is 0.361 e. The minimum absolute atomic E-state index is 0.0599. The predicted molar refractivity (Wildman–Crippen MR) is 65.4 cm³/mol. The highest BCUT2D eigenvalue weighted by Gasteiger charge is 2.04. The van der Waals surface area contributed by atoms with E-state index in [0.717, 1.165) is 23.0 Å². The Kier molecular flexibility index (Phi) is 2.92. The van der Waals surface area contributed by atoms with Crippen molar-refractivity contribution in [2.75, 3.05) is 11.9 Å². The van der Waals surface area contributed by atoms with Gasteiger partial charge in [0.25, 0.3) is 0 Å². The fourth-order valence-electron chi connectivity index (χ4n) is 1.82. The zero-order valence-corrected chi connectivity index (χ0v) is 9.21. The van der Waals surface area contributed by atoms with Crippen molar-refractivity contribution in [1.82, 2.24) is 4.98 Å². The molecule has 4 heteroatoms. The van der Waals surface area contributed by atoms with Gasteiger partial charge >= 0.3 is 0 Å². The number of H-pyrrole nitrogens is 1. The number of aromatic nitrogens is 1. The minimum Gasteiger partial charge on any atom is -0.361 e. The Labute approximate surface area is 93.8 Å². The Bertz CT molecular complexity index is 516. The van der Waals surface area contributed by atoms with Gasteiger partial charge in [-0.2, -0.15) is 0 Å². The lowest BCUT2D eigenvalue weighted by Crippen LogP contribution is -2.05. The summed E-state index contributed by atoms with van der Waals surface area (Å²) in [6.07, 6.45) is 2.80. The molecule has 0 fully saturated rings. The molecule has 2 aromatic rings. The Hall–Kier alpha value is -1.81. The van der Waals surface area contributed by atoms with Gasteiger partial charge in [0.1, 0.15) is 0 Å². The third-order valence-corrected chi connectivity index (χ3v) is 2.50. The van der Waals surface area contributed by atoms with Crippen LogP contribution >= 0.6 is 0 Å². The van der Waals surface area contributed by atoms with Crippen LogP contribution in [0.2, 0.25) is 0 Å². The van der Waals surface area contributed by atoms with Crippen LogP contribution in [0, 0.1) is 0 Å². The summed E-state index contributed by atoms with van der Waals surface area (Å²) < 4.78 is 0. The van der Waals surface area contributed by atoms with Crippen molar-refractivity contribution in [2.45, 2.75) is 13.3 Å². The first-order valence-electron chi connectivity index (χ1n) is 5.28. The lowest BCUT2D eigenvalue weighted by atomic mass is 10.1. The summed E-state index contributed by atoms with van der Waals surface area (Å²) in [7, 11) is 0. The first-order chi connectivity index (χ1) is 7.70. The molecule has 0 spiro atoms. The lowest BCUT2D eigenvalue weighted by molar-refractivity contribution is -0.114. The topological polar surface area (TPSA) is 70.9 Å². The first-order valence-corrected chi connectivity index (χ1v) is 5.28. The molecular formula is C12H15N3O. The normalized spacial score (nSPS) is 10.6. The summed E-state index contributed by atoms with van der Waals surface area (Å²) in [4.78, 5) is 14.1. The van der Waals surface area contributed by atoms with Crippen LogP contribution in [0.25, 0.3) is 10.9 Å². The van der Waals surface area contributed by atoms with Crippen LogP contribution in [-0.4, -0.2) is 17.4 Å². The number of carbonyl (C=O) groups is 1.